The van der Waals surface area contributed by atoms with Crippen LogP contribution in [0.3, 0.4) is 0 Å². The van der Waals surface area contributed by atoms with Crippen molar-refractivity contribution >= 4 is 23.2 Å². The average molecular weight is 309 g/mol. The van der Waals surface area contributed by atoms with E-state index in [0.717, 1.165) is 0 Å². The second-order valence-corrected chi connectivity index (χ2v) is 5.02. The number of halogens is 1. The molecule has 6 nitrogen and oxygen atoms in total. The van der Waals surface area contributed by atoms with E-state index in [0.29, 0.717) is 29.6 Å². The summed E-state index contributed by atoms with van der Waals surface area (Å²) < 4.78 is 7.06. The van der Waals surface area contributed by atoms with E-state index < -0.39 is 0 Å². The highest BCUT2D eigenvalue weighted by Gasteiger charge is 2.18. The highest BCUT2D eigenvalue weighted by Crippen LogP contribution is 2.22. The van der Waals surface area contributed by atoms with Gasteiger partial charge in [-0.05, 0) is 12.1 Å². The molecule has 2 aromatic rings. The molecule has 1 aromatic carbocycles. The van der Waals surface area contributed by atoms with Gasteiger partial charge in [-0.25, -0.2) is 0 Å². The van der Waals surface area contributed by atoms with Gasteiger partial charge in [0.25, 0.3) is 5.91 Å². The molecule has 7 heteroatoms. The monoisotopic (exact) mass is 308 g/mol. The van der Waals surface area contributed by atoms with E-state index in [1.807, 2.05) is 12.1 Å². The van der Waals surface area contributed by atoms with Gasteiger partial charge in [-0.2, -0.15) is 5.10 Å². The lowest BCUT2D eigenvalue weighted by molar-refractivity contribution is 0.0768. The Kier molecular flexibility index (Phi) is 4.70. The van der Waals surface area contributed by atoms with Crippen LogP contribution in [0.15, 0.2) is 30.5 Å². The molecule has 1 heterocycles. The van der Waals surface area contributed by atoms with Crippen molar-refractivity contribution < 1.29 is 9.53 Å². The number of anilines is 1. The molecule has 0 aliphatic heterocycles. The Morgan fingerprint density at radius 3 is 2.81 bits per heavy atom. The number of likely N-dealkylation sites (N-methyl/N-ethyl adjacent to an activating group) is 1. The van der Waals surface area contributed by atoms with Gasteiger partial charge in [0.2, 0.25) is 0 Å². The Morgan fingerprint density at radius 2 is 2.19 bits per heavy atom. The van der Waals surface area contributed by atoms with Gasteiger partial charge in [0.1, 0.15) is 12.4 Å². The summed E-state index contributed by atoms with van der Waals surface area (Å²) >= 11 is 5.99. The summed E-state index contributed by atoms with van der Waals surface area (Å²) in [6.07, 6.45) is 1.60. The van der Waals surface area contributed by atoms with Crippen molar-refractivity contribution in [2.75, 3.05) is 25.9 Å². The van der Waals surface area contributed by atoms with Crippen LogP contribution >= 0.6 is 11.6 Å². The summed E-state index contributed by atoms with van der Waals surface area (Å²) in [6.45, 7) is 0.735. The van der Waals surface area contributed by atoms with Crippen LogP contribution in [0.1, 0.15) is 10.5 Å². The fourth-order valence-corrected chi connectivity index (χ4v) is 2.00. The van der Waals surface area contributed by atoms with Gasteiger partial charge in [0.05, 0.1) is 17.3 Å². The number of nitrogens with zero attached hydrogens (tertiary/aromatic N) is 3. The number of nitrogens with two attached hydrogens (primary N) is 1. The van der Waals surface area contributed by atoms with Crippen LogP contribution < -0.4 is 10.5 Å². The van der Waals surface area contributed by atoms with E-state index in [9.17, 15) is 4.79 Å². The maximum atomic E-state index is 12.2. The van der Waals surface area contributed by atoms with E-state index >= 15 is 0 Å². The number of carbonyl (C=O) groups excluding carboxylic acids is 1. The highest BCUT2D eigenvalue weighted by atomic mass is 35.5. The molecule has 0 saturated carbocycles. The molecule has 0 unspecified atom stereocenters. The third kappa shape index (κ3) is 3.66. The van der Waals surface area contributed by atoms with E-state index in [2.05, 4.69) is 5.10 Å². The fourth-order valence-electron chi connectivity index (χ4n) is 1.81. The third-order valence-electron chi connectivity index (χ3n) is 2.93. The van der Waals surface area contributed by atoms with Crippen LogP contribution in [-0.2, 0) is 7.05 Å². The molecule has 0 fully saturated rings. The van der Waals surface area contributed by atoms with Crippen molar-refractivity contribution in [3.8, 4) is 5.75 Å². The molecule has 0 aliphatic carbocycles. The summed E-state index contributed by atoms with van der Waals surface area (Å²) in [4.78, 5) is 13.7. The van der Waals surface area contributed by atoms with Gasteiger partial charge in [-0.15, -0.1) is 0 Å². The number of aryl methyl sites for hydroxylation is 1. The summed E-state index contributed by atoms with van der Waals surface area (Å²) in [5, 5.41) is 4.59. The minimum Gasteiger partial charge on any atom is -0.490 e. The van der Waals surface area contributed by atoms with Crippen LogP contribution in [0.4, 0.5) is 5.69 Å². The molecular formula is C14H17ClN4O2. The Labute approximate surface area is 128 Å². The fraction of sp³-hybridized carbons (Fsp3) is 0.286. The third-order valence-corrected chi connectivity index (χ3v) is 3.24. The van der Waals surface area contributed by atoms with Gasteiger partial charge in [0, 0.05) is 20.3 Å². The van der Waals surface area contributed by atoms with E-state index in [-0.39, 0.29) is 11.6 Å². The Bertz CT molecular complexity index is 642. The van der Waals surface area contributed by atoms with Gasteiger partial charge in [0.15, 0.2) is 5.69 Å². The summed E-state index contributed by atoms with van der Waals surface area (Å²) in [5.74, 6) is 0.355. The second-order valence-electron chi connectivity index (χ2n) is 4.61. The standard InChI is InChI=1S/C14H17ClN4O2/c1-18(14(20)13-11(16)9-19(2)17-13)7-8-21-12-6-4-3-5-10(12)15/h3-6,9H,7-8,16H2,1-2H3. The highest BCUT2D eigenvalue weighted by molar-refractivity contribution is 6.32. The number of rotatable bonds is 5. The largest absolute Gasteiger partial charge is 0.490 e. The van der Waals surface area contributed by atoms with E-state index in [1.165, 1.54) is 9.58 Å². The first-order chi connectivity index (χ1) is 9.99. The smallest absolute Gasteiger partial charge is 0.276 e. The zero-order valence-corrected chi connectivity index (χ0v) is 12.7. The van der Waals surface area contributed by atoms with Crippen LogP contribution in [0.25, 0.3) is 0 Å². The molecule has 2 rings (SSSR count). The number of amides is 1. The summed E-state index contributed by atoms with van der Waals surface area (Å²) in [5.41, 5.74) is 6.35. The number of hydrogen-bond acceptors (Lipinski definition) is 4. The molecular weight excluding hydrogens is 292 g/mol. The first-order valence-electron chi connectivity index (χ1n) is 6.41. The topological polar surface area (TPSA) is 73.4 Å². The van der Waals surface area contributed by atoms with Gasteiger partial charge >= 0.3 is 0 Å². The average Bonchev–Trinajstić information content (AvgIpc) is 2.79. The number of para-hydroxylation sites is 1. The van der Waals surface area contributed by atoms with Crippen LogP contribution in [0.2, 0.25) is 5.02 Å². The molecule has 0 bridgehead atoms. The number of hydrogen-bond donors (Lipinski definition) is 1. The van der Waals surface area contributed by atoms with E-state index in [4.69, 9.17) is 22.1 Å². The normalized spacial score (nSPS) is 10.4. The van der Waals surface area contributed by atoms with Gasteiger partial charge in [-0.1, -0.05) is 23.7 Å². The SMILES string of the molecule is CN(CCOc1ccccc1Cl)C(=O)c1nn(C)cc1N. The van der Waals surface area contributed by atoms with Gasteiger partial charge < -0.3 is 15.4 Å². The number of benzene rings is 1. The predicted octanol–water partition coefficient (Wildman–Crippen LogP) is 1.81. The molecule has 0 aliphatic rings. The lowest BCUT2D eigenvalue weighted by Crippen LogP contribution is -2.31. The van der Waals surface area contributed by atoms with Crippen LogP contribution in [0.5, 0.6) is 5.75 Å². The predicted molar refractivity (Wildman–Crippen MR) is 81.5 cm³/mol. The van der Waals surface area contributed by atoms with E-state index in [1.54, 1.807) is 32.4 Å². The zero-order valence-electron chi connectivity index (χ0n) is 11.9. The maximum absolute atomic E-state index is 12.2. The lowest BCUT2D eigenvalue weighted by Gasteiger charge is -2.17. The summed E-state index contributed by atoms with van der Waals surface area (Å²) in [6, 6.07) is 7.20. The molecule has 2 N–H and O–H groups in total. The molecule has 0 radical (unpaired) electrons. The van der Waals surface area contributed by atoms with Crippen molar-refractivity contribution in [3.63, 3.8) is 0 Å². The first kappa shape index (κ1) is 15.2. The van der Waals surface area contributed by atoms with Gasteiger partial charge in [-0.3, -0.25) is 9.48 Å². The molecule has 0 atom stereocenters. The number of ether oxygens (including phenoxy) is 1. The van der Waals surface area contributed by atoms with Crippen molar-refractivity contribution in [1.29, 1.82) is 0 Å². The lowest BCUT2D eigenvalue weighted by atomic mass is 10.3. The Balaban J connectivity index is 1.90. The Morgan fingerprint density at radius 1 is 1.48 bits per heavy atom. The number of aromatic nitrogens is 2. The molecule has 0 saturated heterocycles. The second kappa shape index (κ2) is 6.49. The zero-order chi connectivity index (χ0) is 15.4. The quantitative estimate of drug-likeness (QED) is 0.914. The molecule has 1 amide bonds. The first-order valence-corrected chi connectivity index (χ1v) is 6.78. The summed E-state index contributed by atoms with van der Waals surface area (Å²) in [7, 11) is 3.39. The molecule has 1 aromatic heterocycles. The van der Waals surface area contributed by atoms with Crippen molar-refractivity contribution in [2.45, 2.75) is 0 Å². The molecule has 0 spiro atoms. The molecule has 21 heavy (non-hydrogen) atoms. The van der Waals surface area contributed by atoms with Crippen LogP contribution in [0, 0.1) is 0 Å². The van der Waals surface area contributed by atoms with Crippen molar-refractivity contribution in [3.05, 3.63) is 41.2 Å². The van der Waals surface area contributed by atoms with Crippen molar-refractivity contribution in [1.82, 2.24) is 14.7 Å². The maximum Gasteiger partial charge on any atom is 0.276 e. The van der Waals surface area contributed by atoms with Crippen molar-refractivity contribution in [2.24, 2.45) is 7.05 Å². The number of carbonyl (C=O) groups is 1. The minimum absolute atomic E-state index is 0.240. The Hall–Kier alpha value is -2.21. The molecule has 112 valence electrons. The number of nitrogen functional groups attached to an aromatic ring is 1. The van der Waals surface area contributed by atoms with Crippen LogP contribution in [-0.4, -0.2) is 40.8 Å². The minimum atomic E-state index is -0.240.